The Labute approximate surface area is 147 Å². The highest BCUT2D eigenvalue weighted by Gasteiger charge is 2.40. The molecule has 1 heterocycles. The number of para-hydroxylation sites is 1. The molecular weight excluding hydrogens is 316 g/mol. The van der Waals surface area contributed by atoms with Crippen LogP contribution in [0.2, 0.25) is 0 Å². The number of ether oxygens (including phenoxy) is 1. The summed E-state index contributed by atoms with van der Waals surface area (Å²) < 4.78 is 5.40. The van der Waals surface area contributed by atoms with Gasteiger partial charge in [0.25, 0.3) is 0 Å². The SMILES string of the molecule is CC1CCN(C(=O)OCc2ccccc2)C1C(=O)Nc1ccccc1. The summed E-state index contributed by atoms with van der Waals surface area (Å²) in [4.78, 5) is 26.6. The number of carbonyl (C=O) groups excluding carboxylic acids is 2. The maximum atomic E-state index is 12.7. The van der Waals surface area contributed by atoms with E-state index in [-0.39, 0.29) is 18.4 Å². The second-order valence-corrected chi connectivity index (χ2v) is 6.30. The van der Waals surface area contributed by atoms with Gasteiger partial charge < -0.3 is 10.1 Å². The van der Waals surface area contributed by atoms with Crippen molar-refractivity contribution in [1.82, 2.24) is 4.90 Å². The van der Waals surface area contributed by atoms with Crippen molar-refractivity contribution in [3.63, 3.8) is 0 Å². The van der Waals surface area contributed by atoms with Crippen LogP contribution in [0.25, 0.3) is 0 Å². The molecule has 2 atom stereocenters. The monoisotopic (exact) mass is 338 g/mol. The molecule has 0 saturated carbocycles. The number of carbonyl (C=O) groups is 2. The van der Waals surface area contributed by atoms with E-state index in [9.17, 15) is 9.59 Å². The van der Waals surface area contributed by atoms with Crippen molar-refractivity contribution in [1.29, 1.82) is 0 Å². The summed E-state index contributed by atoms with van der Waals surface area (Å²) in [5.74, 6) is -0.0825. The Kier molecular flexibility index (Phi) is 5.33. The van der Waals surface area contributed by atoms with Gasteiger partial charge >= 0.3 is 6.09 Å². The van der Waals surface area contributed by atoms with Gasteiger partial charge in [0.15, 0.2) is 0 Å². The van der Waals surface area contributed by atoms with E-state index in [1.165, 1.54) is 4.90 Å². The van der Waals surface area contributed by atoms with Crippen LogP contribution in [0.3, 0.4) is 0 Å². The maximum absolute atomic E-state index is 12.7. The van der Waals surface area contributed by atoms with E-state index in [0.717, 1.165) is 17.7 Å². The maximum Gasteiger partial charge on any atom is 0.410 e. The first-order valence-corrected chi connectivity index (χ1v) is 8.48. The van der Waals surface area contributed by atoms with Crippen molar-refractivity contribution in [2.45, 2.75) is 26.0 Å². The number of anilines is 1. The Morgan fingerprint density at radius 3 is 2.40 bits per heavy atom. The summed E-state index contributed by atoms with van der Waals surface area (Å²) in [5, 5.41) is 2.88. The third kappa shape index (κ3) is 4.18. The average molecular weight is 338 g/mol. The number of nitrogens with one attached hydrogen (secondary N) is 1. The highest BCUT2D eigenvalue weighted by atomic mass is 16.6. The van der Waals surface area contributed by atoms with Crippen LogP contribution < -0.4 is 5.32 Å². The molecule has 130 valence electrons. The molecule has 1 saturated heterocycles. The Morgan fingerprint density at radius 2 is 1.72 bits per heavy atom. The fourth-order valence-corrected chi connectivity index (χ4v) is 3.09. The highest BCUT2D eigenvalue weighted by Crippen LogP contribution is 2.26. The van der Waals surface area contributed by atoms with Crippen molar-refractivity contribution < 1.29 is 14.3 Å². The van der Waals surface area contributed by atoms with Gasteiger partial charge in [-0.1, -0.05) is 55.5 Å². The number of rotatable bonds is 4. The molecule has 0 aliphatic carbocycles. The predicted molar refractivity (Wildman–Crippen MR) is 96.0 cm³/mol. The molecule has 0 bridgehead atoms. The molecule has 1 aliphatic rings. The molecule has 0 radical (unpaired) electrons. The summed E-state index contributed by atoms with van der Waals surface area (Å²) >= 11 is 0. The van der Waals surface area contributed by atoms with Gasteiger partial charge in [-0.2, -0.15) is 0 Å². The Balaban J connectivity index is 1.63. The van der Waals surface area contributed by atoms with Gasteiger partial charge in [0.1, 0.15) is 12.6 Å². The lowest BCUT2D eigenvalue weighted by molar-refractivity contribution is -0.121. The van der Waals surface area contributed by atoms with Crippen LogP contribution in [0.5, 0.6) is 0 Å². The molecule has 0 spiro atoms. The van der Waals surface area contributed by atoms with Crippen LogP contribution in [0, 0.1) is 5.92 Å². The van der Waals surface area contributed by atoms with E-state index in [1.54, 1.807) is 0 Å². The van der Waals surface area contributed by atoms with E-state index in [2.05, 4.69) is 5.32 Å². The van der Waals surface area contributed by atoms with Crippen molar-refractivity contribution in [2.24, 2.45) is 5.92 Å². The summed E-state index contributed by atoms with van der Waals surface area (Å²) in [7, 11) is 0. The minimum absolute atomic E-state index is 0.0907. The third-order valence-electron chi connectivity index (χ3n) is 4.45. The Bertz CT molecular complexity index is 718. The zero-order valence-corrected chi connectivity index (χ0v) is 14.2. The molecule has 1 aliphatic heterocycles. The van der Waals surface area contributed by atoms with Gasteiger partial charge in [-0.05, 0) is 30.0 Å². The van der Waals surface area contributed by atoms with Crippen molar-refractivity contribution in [3.8, 4) is 0 Å². The predicted octanol–water partition coefficient (Wildman–Crippen LogP) is 3.67. The summed E-state index contributed by atoms with van der Waals surface area (Å²) in [6, 6.07) is 18.3. The minimum Gasteiger partial charge on any atom is -0.445 e. The lowest BCUT2D eigenvalue weighted by Crippen LogP contribution is -2.45. The lowest BCUT2D eigenvalue weighted by Gasteiger charge is -2.25. The molecule has 2 amide bonds. The van der Waals surface area contributed by atoms with E-state index >= 15 is 0 Å². The first-order chi connectivity index (χ1) is 12.1. The van der Waals surface area contributed by atoms with Crippen molar-refractivity contribution in [3.05, 3.63) is 66.2 Å². The number of amides is 2. The number of hydrogen-bond donors (Lipinski definition) is 1. The van der Waals surface area contributed by atoms with Crippen LogP contribution in [0.1, 0.15) is 18.9 Å². The van der Waals surface area contributed by atoms with Crippen molar-refractivity contribution in [2.75, 3.05) is 11.9 Å². The Hall–Kier alpha value is -2.82. The molecule has 25 heavy (non-hydrogen) atoms. The molecule has 1 fully saturated rings. The molecule has 5 heteroatoms. The van der Waals surface area contributed by atoms with Crippen LogP contribution in [0.15, 0.2) is 60.7 Å². The van der Waals surface area contributed by atoms with Gasteiger partial charge in [0, 0.05) is 12.2 Å². The van der Waals surface area contributed by atoms with Crippen LogP contribution >= 0.6 is 0 Å². The van der Waals surface area contributed by atoms with Gasteiger partial charge in [0.05, 0.1) is 0 Å². The van der Waals surface area contributed by atoms with E-state index < -0.39 is 12.1 Å². The van der Waals surface area contributed by atoms with Gasteiger partial charge in [-0.15, -0.1) is 0 Å². The minimum atomic E-state index is -0.511. The van der Waals surface area contributed by atoms with E-state index in [1.807, 2.05) is 67.6 Å². The molecule has 5 nitrogen and oxygen atoms in total. The molecule has 2 aromatic rings. The average Bonchev–Trinajstić information content (AvgIpc) is 3.03. The number of likely N-dealkylation sites (tertiary alicyclic amines) is 1. The molecule has 2 aromatic carbocycles. The van der Waals surface area contributed by atoms with Gasteiger partial charge in [0.2, 0.25) is 5.91 Å². The molecule has 1 N–H and O–H groups in total. The number of nitrogens with zero attached hydrogens (tertiary/aromatic N) is 1. The van der Waals surface area contributed by atoms with Crippen LogP contribution in [-0.2, 0) is 16.1 Å². The standard InChI is InChI=1S/C20H22N2O3/c1-15-12-13-22(20(24)25-14-16-8-4-2-5-9-16)18(15)19(23)21-17-10-6-3-7-11-17/h2-11,15,18H,12-14H2,1H3,(H,21,23). The topological polar surface area (TPSA) is 58.6 Å². The van der Waals surface area contributed by atoms with Gasteiger partial charge in [-0.25, -0.2) is 4.79 Å². The molecular formula is C20H22N2O3. The smallest absolute Gasteiger partial charge is 0.410 e. The third-order valence-corrected chi connectivity index (χ3v) is 4.45. The molecule has 0 aromatic heterocycles. The normalized spacial score (nSPS) is 19.5. The highest BCUT2D eigenvalue weighted by molar-refractivity contribution is 5.97. The van der Waals surface area contributed by atoms with E-state index in [0.29, 0.717) is 6.54 Å². The van der Waals surface area contributed by atoms with Crippen molar-refractivity contribution >= 4 is 17.7 Å². The number of hydrogen-bond acceptors (Lipinski definition) is 3. The fourth-order valence-electron chi connectivity index (χ4n) is 3.09. The van der Waals surface area contributed by atoms with Gasteiger partial charge in [-0.3, -0.25) is 9.69 Å². The molecule has 3 rings (SSSR count). The molecule has 2 unspecified atom stereocenters. The zero-order valence-electron chi connectivity index (χ0n) is 14.2. The first-order valence-electron chi connectivity index (χ1n) is 8.48. The fraction of sp³-hybridized carbons (Fsp3) is 0.300. The summed E-state index contributed by atoms with van der Waals surface area (Å²) in [6.07, 6.45) is 0.342. The Morgan fingerprint density at radius 1 is 1.08 bits per heavy atom. The number of benzene rings is 2. The summed E-state index contributed by atoms with van der Waals surface area (Å²) in [6.45, 7) is 2.72. The van der Waals surface area contributed by atoms with Crippen LogP contribution in [0.4, 0.5) is 10.5 Å². The zero-order chi connectivity index (χ0) is 17.6. The summed E-state index contributed by atoms with van der Waals surface area (Å²) in [5.41, 5.74) is 1.65. The van der Waals surface area contributed by atoms with Crippen LogP contribution in [-0.4, -0.2) is 29.5 Å². The first kappa shape index (κ1) is 17.0. The quantitative estimate of drug-likeness (QED) is 0.925. The second-order valence-electron chi connectivity index (χ2n) is 6.30. The lowest BCUT2D eigenvalue weighted by atomic mass is 10.0. The largest absolute Gasteiger partial charge is 0.445 e. The van der Waals surface area contributed by atoms with E-state index in [4.69, 9.17) is 4.74 Å². The second kappa shape index (κ2) is 7.83.